The SMILES string of the molecule is Cc1nnnn1-c1ccc(F)c(NC(=O)c2nn(-c3ccccc3)c(=O)c3ccccc23)c1. The van der Waals surface area contributed by atoms with Crippen molar-refractivity contribution in [2.45, 2.75) is 6.92 Å². The molecule has 0 aliphatic heterocycles. The zero-order chi connectivity index (χ0) is 22.9. The maximum absolute atomic E-state index is 14.6. The van der Waals surface area contributed by atoms with E-state index in [0.717, 1.165) is 4.68 Å². The normalized spacial score (nSPS) is 11.0. The van der Waals surface area contributed by atoms with Crippen molar-refractivity contribution in [1.82, 2.24) is 30.0 Å². The number of hydrogen-bond acceptors (Lipinski definition) is 6. The van der Waals surface area contributed by atoms with Crippen LogP contribution in [0.1, 0.15) is 16.3 Å². The second kappa shape index (κ2) is 8.08. The number of para-hydroxylation sites is 1. The Kier molecular flexibility index (Phi) is 4.94. The molecule has 0 atom stereocenters. The van der Waals surface area contributed by atoms with E-state index < -0.39 is 11.7 Å². The Morgan fingerprint density at radius 1 is 0.909 bits per heavy atom. The van der Waals surface area contributed by atoms with Crippen LogP contribution in [0, 0.1) is 12.7 Å². The number of aromatic nitrogens is 6. The summed E-state index contributed by atoms with van der Waals surface area (Å²) in [5.41, 5.74) is 0.523. The predicted octanol–water partition coefficient (Wildman–Crippen LogP) is 3.06. The highest BCUT2D eigenvalue weighted by Crippen LogP contribution is 2.21. The summed E-state index contributed by atoms with van der Waals surface area (Å²) in [7, 11) is 0. The second-order valence-electron chi connectivity index (χ2n) is 7.20. The molecule has 1 N–H and O–H groups in total. The Morgan fingerprint density at radius 2 is 1.64 bits per heavy atom. The van der Waals surface area contributed by atoms with Crippen molar-refractivity contribution in [3.8, 4) is 11.4 Å². The van der Waals surface area contributed by atoms with Gasteiger partial charge in [-0.15, -0.1) is 5.10 Å². The highest BCUT2D eigenvalue weighted by molar-refractivity contribution is 6.11. The van der Waals surface area contributed by atoms with Crippen LogP contribution in [0.5, 0.6) is 0 Å². The molecule has 0 unspecified atom stereocenters. The van der Waals surface area contributed by atoms with Crippen molar-refractivity contribution < 1.29 is 9.18 Å². The van der Waals surface area contributed by atoms with Gasteiger partial charge in [-0.3, -0.25) is 9.59 Å². The number of benzene rings is 3. The minimum absolute atomic E-state index is 0.0162. The molecule has 9 nitrogen and oxygen atoms in total. The third-order valence-electron chi connectivity index (χ3n) is 5.09. The summed E-state index contributed by atoms with van der Waals surface area (Å²) in [4.78, 5) is 26.2. The number of amides is 1. The summed E-state index contributed by atoms with van der Waals surface area (Å²) in [5, 5.41) is 18.8. The molecule has 3 aromatic carbocycles. The van der Waals surface area contributed by atoms with Gasteiger partial charge >= 0.3 is 0 Å². The molecule has 0 spiro atoms. The van der Waals surface area contributed by atoms with Gasteiger partial charge in [0.25, 0.3) is 11.5 Å². The van der Waals surface area contributed by atoms with E-state index in [9.17, 15) is 14.0 Å². The van der Waals surface area contributed by atoms with E-state index in [1.54, 1.807) is 55.5 Å². The number of carbonyl (C=O) groups excluding carboxylic acids is 1. The third kappa shape index (κ3) is 3.63. The summed E-state index contributed by atoms with van der Waals surface area (Å²) >= 11 is 0. The average Bonchev–Trinajstić information content (AvgIpc) is 3.27. The molecule has 33 heavy (non-hydrogen) atoms. The van der Waals surface area contributed by atoms with Crippen LogP contribution in [0.3, 0.4) is 0 Å². The molecule has 0 fully saturated rings. The standard InChI is InChI=1S/C23H16FN7O2/c1-14-26-28-29-30(14)16-11-12-19(24)20(13-16)25-22(32)21-17-9-5-6-10-18(17)23(33)31(27-21)15-7-3-2-4-8-15/h2-13H,1H3,(H,25,32). The van der Waals surface area contributed by atoms with Crippen LogP contribution in [0.15, 0.2) is 77.6 Å². The first-order valence-corrected chi connectivity index (χ1v) is 9.96. The van der Waals surface area contributed by atoms with E-state index >= 15 is 0 Å². The maximum atomic E-state index is 14.6. The van der Waals surface area contributed by atoms with E-state index in [0.29, 0.717) is 28.0 Å². The van der Waals surface area contributed by atoms with Crippen molar-refractivity contribution in [1.29, 1.82) is 0 Å². The van der Waals surface area contributed by atoms with E-state index in [2.05, 4.69) is 25.9 Å². The quantitative estimate of drug-likeness (QED) is 0.459. The fraction of sp³-hybridized carbons (Fsp3) is 0.0435. The van der Waals surface area contributed by atoms with Crippen LogP contribution < -0.4 is 10.9 Å². The fourth-order valence-electron chi connectivity index (χ4n) is 3.49. The van der Waals surface area contributed by atoms with Gasteiger partial charge in [-0.25, -0.2) is 4.39 Å². The largest absolute Gasteiger partial charge is 0.318 e. The van der Waals surface area contributed by atoms with Gasteiger partial charge in [-0.1, -0.05) is 36.4 Å². The van der Waals surface area contributed by atoms with Crippen molar-refractivity contribution in [2.75, 3.05) is 5.32 Å². The molecule has 5 aromatic rings. The maximum Gasteiger partial charge on any atom is 0.279 e. The van der Waals surface area contributed by atoms with Crippen LogP contribution in [-0.2, 0) is 0 Å². The lowest BCUT2D eigenvalue weighted by atomic mass is 10.1. The van der Waals surface area contributed by atoms with Crippen LogP contribution >= 0.6 is 0 Å². The first-order chi connectivity index (χ1) is 16.0. The molecule has 5 rings (SSSR count). The molecule has 1 amide bonds. The number of anilines is 1. The molecule has 10 heteroatoms. The summed E-state index contributed by atoms with van der Waals surface area (Å²) < 4.78 is 17.1. The molecular formula is C23H16FN7O2. The highest BCUT2D eigenvalue weighted by atomic mass is 19.1. The number of carbonyl (C=O) groups is 1. The van der Waals surface area contributed by atoms with E-state index in [-0.39, 0.29) is 16.9 Å². The molecule has 0 aliphatic rings. The number of rotatable bonds is 4. The number of tetrazole rings is 1. The molecule has 0 saturated heterocycles. The Morgan fingerprint density at radius 3 is 2.36 bits per heavy atom. The van der Waals surface area contributed by atoms with Gasteiger partial charge in [-0.05, 0) is 53.7 Å². The lowest BCUT2D eigenvalue weighted by Crippen LogP contribution is -2.26. The lowest BCUT2D eigenvalue weighted by Gasteiger charge is -2.12. The van der Waals surface area contributed by atoms with Crippen molar-refractivity contribution in [3.63, 3.8) is 0 Å². The van der Waals surface area contributed by atoms with Crippen molar-refractivity contribution in [3.05, 3.63) is 100 Å². The van der Waals surface area contributed by atoms with Gasteiger partial charge in [0.2, 0.25) is 0 Å². The third-order valence-corrected chi connectivity index (χ3v) is 5.09. The van der Waals surface area contributed by atoms with Gasteiger partial charge in [0, 0.05) is 5.39 Å². The smallest absolute Gasteiger partial charge is 0.279 e. The molecule has 2 aromatic heterocycles. The number of nitrogens with zero attached hydrogens (tertiary/aromatic N) is 6. The number of hydrogen-bond donors (Lipinski definition) is 1. The Balaban J connectivity index is 1.61. The van der Waals surface area contributed by atoms with Crippen molar-refractivity contribution >= 4 is 22.4 Å². The summed E-state index contributed by atoms with van der Waals surface area (Å²) in [6, 6.07) is 19.6. The van der Waals surface area contributed by atoms with E-state index in [1.807, 2.05) is 6.07 Å². The number of fused-ring (bicyclic) bond motifs is 1. The number of aryl methyl sites for hydroxylation is 1. The second-order valence-corrected chi connectivity index (χ2v) is 7.20. The fourth-order valence-corrected chi connectivity index (χ4v) is 3.49. The van der Waals surface area contributed by atoms with Gasteiger partial charge < -0.3 is 5.32 Å². The Hall–Kier alpha value is -4.73. The molecule has 162 valence electrons. The number of nitrogens with one attached hydrogen (secondary N) is 1. The minimum atomic E-state index is -0.666. The lowest BCUT2D eigenvalue weighted by molar-refractivity contribution is 0.102. The molecule has 0 radical (unpaired) electrons. The van der Waals surface area contributed by atoms with Crippen LogP contribution in [0.25, 0.3) is 22.1 Å². The van der Waals surface area contributed by atoms with Crippen LogP contribution in [-0.4, -0.2) is 35.9 Å². The van der Waals surface area contributed by atoms with Gasteiger partial charge in [0.05, 0.1) is 22.4 Å². The summed E-state index contributed by atoms with van der Waals surface area (Å²) in [5.74, 6) is -0.805. The number of halogens is 1. The zero-order valence-corrected chi connectivity index (χ0v) is 17.3. The predicted molar refractivity (Wildman–Crippen MR) is 119 cm³/mol. The van der Waals surface area contributed by atoms with Crippen LogP contribution in [0.2, 0.25) is 0 Å². The summed E-state index contributed by atoms with van der Waals surface area (Å²) in [6.45, 7) is 1.70. The molecular weight excluding hydrogens is 425 g/mol. The molecule has 0 bridgehead atoms. The van der Waals surface area contributed by atoms with E-state index in [1.165, 1.54) is 22.9 Å². The first kappa shape index (κ1) is 20.2. The Labute approximate surface area is 186 Å². The van der Waals surface area contributed by atoms with Crippen LogP contribution in [0.4, 0.5) is 10.1 Å². The first-order valence-electron chi connectivity index (χ1n) is 9.96. The average molecular weight is 441 g/mol. The van der Waals surface area contributed by atoms with Gasteiger partial charge in [0.1, 0.15) is 5.82 Å². The zero-order valence-electron chi connectivity index (χ0n) is 17.3. The molecule has 2 heterocycles. The topological polar surface area (TPSA) is 108 Å². The van der Waals surface area contributed by atoms with E-state index in [4.69, 9.17) is 0 Å². The monoisotopic (exact) mass is 441 g/mol. The van der Waals surface area contributed by atoms with Gasteiger partial charge in [0.15, 0.2) is 11.5 Å². The molecule has 0 saturated carbocycles. The minimum Gasteiger partial charge on any atom is -0.318 e. The van der Waals surface area contributed by atoms with Crippen molar-refractivity contribution in [2.24, 2.45) is 0 Å². The Bertz CT molecular complexity index is 1560. The van der Waals surface area contributed by atoms with Gasteiger partial charge in [-0.2, -0.15) is 14.5 Å². The summed E-state index contributed by atoms with van der Waals surface area (Å²) in [6.07, 6.45) is 0. The molecule has 0 aliphatic carbocycles. The highest BCUT2D eigenvalue weighted by Gasteiger charge is 2.19.